The molecule has 2 aromatic rings. The van der Waals surface area contributed by atoms with Crippen LogP contribution in [0.25, 0.3) is 0 Å². The summed E-state index contributed by atoms with van der Waals surface area (Å²) in [5.74, 6) is -1.65. The van der Waals surface area contributed by atoms with Gasteiger partial charge in [0.15, 0.2) is 9.84 Å². The Balaban J connectivity index is 1.99. The van der Waals surface area contributed by atoms with E-state index in [9.17, 15) is 23.1 Å². The zero-order valence-corrected chi connectivity index (χ0v) is 17.6. The monoisotopic (exact) mass is 477 g/mol. The van der Waals surface area contributed by atoms with Gasteiger partial charge in [0.25, 0.3) is 5.91 Å². The predicted octanol–water partition coefficient (Wildman–Crippen LogP) is 3.20. The maximum atomic E-state index is 13.1. The first-order valence-corrected chi connectivity index (χ1v) is 12.0. The second kappa shape index (κ2) is 7.41. The smallest absolute Gasteiger partial charge is 0.305 e. The van der Waals surface area contributed by atoms with Gasteiger partial charge in [0.2, 0.25) is 0 Å². The lowest BCUT2D eigenvalue weighted by molar-refractivity contribution is -0.137. The Hall–Kier alpha value is -1.23. The molecule has 1 atom stereocenters. The molecule has 0 radical (unpaired) electrons. The molecule has 0 aromatic carbocycles. The minimum absolute atomic E-state index is 0.0600. The fourth-order valence-electron chi connectivity index (χ4n) is 3.15. The molecule has 0 unspecified atom stereocenters. The van der Waals surface area contributed by atoms with Crippen molar-refractivity contribution in [2.24, 2.45) is 0 Å². The molecule has 1 amide bonds. The molecular weight excluding hydrogens is 462 g/mol. The molecule has 1 fully saturated rings. The molecule has 0 bridgehead atoms. The average Bonchev–Trinajstić information content (AvgIpc) is 3.21. The van der Waals surface area contributed by atoms with Gasteiger partial charge in [0.1, 0.15) is 4.75 Å². The summed E-state index contributed by atoms with van der Waals surface area (Å²) in [4.78, 5) is 26.1. The maximum absolute atomic E-state index is 13.1. The summed E-state index contributed by atoms with van der Waals surface area (Å²) in [7, 11) is -3.77. The topological polar surface area (TPSA) is 91.8 Å². The van der Waals surface area contributed by atoms with Crippen LogP contribution in [-0.4, -0.2) is 49.1 Å². The lowest BCUT2D eigenvalue weighted by Crippen LogP contribution is -2.39. The number of hydrogen-bond donors (Lipinski definition) is 1. The SMILES string of the molecule is O=C(O)C[C@]1(c2ccc(Br)s2)CCN(C(=O)c2ccsc2)CCS1(=O)=O. The van der Waals surface area contributed by atoms with Crippen molar-refractivity contribution in [3.8, 4) is 0 Å². The Morgan fingerprint density at radius 2 is 2.04 bits per heavy atom. The van der Waals surface area contributed by atoms with Crippen LogP contribution in [0.2, 0.25) is 0 Å². The zero-order chi connectivity index (χ0) is 18.9. The lowest BCUT2D eigenvalue weighted by Gasteiger charge is -2.29. The van der Waals surface area contributed by atoms with E-state index in [1.54, 1.807) is 29.0 Å². The van der Waals surface area contributed by atoms with Crippen LogP contribution in [0.4, 0.5) is 0 Å². The van der Waals surface area contributed by atoms with Gasteiger partial charge in [0, 0.05) is 23.3 Å². The van der Waals surface area contributed by atoms with Crippen molar-refractivity contribution >= 4 is 60.3 Å². The number of halogens is 1. The molecule has 0 spiro atoms. The van der Waals surface area contributed by atoms with Gasteiger partial charge in [-0.2, -0.15) is 11.3 Å². The van der Waals surface area contributed by atoms with Gasteiger partial charge >= 0.3 is 5.97 Å². The number of sulfone groups is 1. The van der Waals surface area contributed by atoms with Crippen LogP contribution >= 0.6 is 38.6 Å². The van der Waals surface area contributed by atoms with Crippen molar-refractivity contribution in [1.29, 1.82) is 0 Å². The normalized spacial score (nSPS) is 22.7. The fraction of sp³-hybridized carbons (Fsp3) is 0.375. The van der Waals surface area contributed by atoms with E-state index in [2.05, 4.69) is 15.9 Å². The van der Waals surface area contributed by atoms with Crippen LogP contribution in [0.5, 0.6) is 0 Å². The summed E-state index contributed by atoms with van der Waals surface area (Å²) < 4.78 is 25.5. The first-order chi connectivity index (χ1) is 12.2. The molecule has 1 N–H and O–H groups in total. The second-order valence-corrected chi connectivity index (χ2v) is 11.7. The molecule has 26 heavy (non-hydrogen) atoms. The van der Waals surface area contributed by atoms with Crippen LogP contribution in [0.15, 0.2) is 32.7 Å². The van der Waals surface area contributed by atoms with Crippen molar-refractivity contribution in [3.05, 3.63) is 43.2 Å². The molecule has 1 aliphatic rings. The second-order valence-electron chi connectivity index (χ2n) is 6.04. The number of thiophene rings is 2. The van der Waals surface area contributed by atoms with Crippen molar-refractivity contribution in [2.75, 3.05) is 18.8 Å². The summed E-state index contributed by atoms with van der Waals surface area (Å²) in [6, 6.07) is 5.08. The molecule has 140 valence electrons. The number of carbonyl (C=O) groups excluding carboxylic acids is 1. The first kappa shape index (κ1) is 19.5. The molecule has 0 aliphatic carbocycles. The Bertz CT molecular complexity index is 922. The number of amides is 1. The van der Waals surface area contributed by atoms with Crippen LogP contribution in [0.3, 0.4) is 0 Å². The highest BCUT2D eigenvalue weighted by Crippen LogP contribution is 2.44. The average molecular weight is 478 g/mol. The summed E-state index contributed by atoms with van der Waals surface area (Å²) in [6.45, 7) is 0.252. The van der Waals surface area contributed by atoms with Crippen molar-refractivity contribution < 1.29 is 23.1 Å². The quantitative estimate of drug-likeness (QED) is 0.729. The Morgan fingerprint density at radius 1 is 1.27 bits per heavy atom. The third-order valence-corrected chi connectivity index (χ3v) is 9.64. The fourth-order valence-corrected chi connectivity index (χ4v) is 7.75. The van der Waals surface area contributed by atoms with E-state index in [0.29, 0.717) is 10.4 Å². The maximum Gasteiger partial charge on any atom is 0.305 e. The van der Waals surface area contributed by atoms with E-state index in [0.717, 1.165) is 3.79 Å². The van der Waals surface area contributed by atoms with Gasteiger partial charge in [-0.25, -0.2) is 8.42 Å². The number of carbonyl (C=O) groups is 2. The minimum Gasteiger partial charge on any atom is -0.481 e. The number of carboxylic acid groups (broad SMARTS) is 1. The number of carboxylic acids is 1. The summed E-state index contributed by atoms with van der Waals surface area (Å²) in [5, 5.41) is 12.9. The number of hydrogen-bond acceptors (Lipinski definition) is 6. The molecule has 10 heteroatoms. The van der Waals surface area contributed by atoms with Crippen molar-refractivity contribution in [2.45, 2.75) is 17.6 Å². The van der Waals surface area contributed by atoms with Gasteiger partial charge in [0.05, 0.1) is 21.5 Å². The standard InChI is InChI=1S/C16H16BrNO5S3/c17-13-2-1-12(25-13)16(9-14(19)20)4-5-18(6-8-26(16,22)23)15(21)11-3-7-24-10-11/h1-3,7,10H,4-6,8-9H2,(H,19,20)/t16-/m0/s1. The largest absolute Gasteiger partial charge is 0.481 e. The minimum atomic E-state index is -3.77. The zero-order valence-electron chi connectivity index (χ0n) is 13.6. The predicted molar refractivity (Wildman–Crippen MR) is 105 cm³/mol. The van der Waals surface area contributed by atoms with Crippen LogP contribution in [-0.2, 0) is 19.4 Å². The Morgan fingerprint density at radius 3 is 2.62 bits per heavy atom. The molecule has 1 saturated heterocycles. The molecule has 3 heterocycles. The highest BCUT2D eigenvalue weighted by Gasteiger charge is 2.49. The number of aliphatic carboxylic acids is 1. The van der Waals surface area contributed by atoms with E-state index in [-0.39, 0.29) is 31.2 Å². The van der Waals surface area contributed by atoms with Gasteiger partial charge in [-0.1, -0.05) is 0 Å². The van der Waals surface area contributed by atoms with Crippen LogP contribution in [0.1, 0.15) is 28.1 Å². The van der Waals surface area contributed by atoms with Gasteiger partial charge < -0.3 is 10.0 Å². The molecule has 1 aliphatic heterocycles. The van der Waals surface area contributed by atoms with E-state index in [1.807, 2.05) is 0 Å². The molecule has 2 aromatic heterocycles. The van der Waals surface area contributed by atoms with Gasteiger partial charge in [-0.05, 0) is 45.9 Å². The third-order valence-electron chi connectivity index (χ3n) is 4.53. The Kier molecular flexibility index (Phi) is 5.57. The molecule has 3 rings (SSSR count). The van der Waals surface area contributed by atoms with Crippen LogP contribution in [0, 0.1) is 0 Å². The van der Waals surface area contributed by atoms with E-state index >= 15 is 0 Å². The van der Waals surface area contributed by atoms with Gasteiger partial charge in [-0.3, -0.25) is 9.59 Å². The van der Waals surface area contributed by atoms with E-state index < -0.39 is 27.0 Å². The first-order valence-electron chi connectivity index (χ1n) is 7.76. The van der Waals surface area contributed by atoms with Crippen LogP contribution < -0.4 is 0 Å². The summed E-state index contributed by atoms with van der Waals surface area (Å²) in [5.41, 5.74) is 0.525. The van der Waals surface area contributed by atoms with E-state index in [1.165, 1.54) is 27.6 Å². The number of rotatable bonds is 4. The molecule has 6 nitrogen and oxygen atoms in total. The molecular formula is C16H16BrNO5S3. The third kappa shape index (κ3) is 3.60. The Labute approximate surface area is 167 Å². The molecule has 0 saturated carbocycles. The summed E-state index contributed by atoms with van der Waals surface area (Å²) >= 11 is 5.94. The van der Waals surface area contributed by atoms with Crippen molar-refractivity contribution in [1.82, 2.24) is 4.90 Å². The van der Waals surface area contributed by atoms with E-state index in [4.69, 9.17) is 0 Å². The lowest BCUT2D eigenvalue weighted by atomic mass is 9.97. The van der Waals surface area contributed by atoms with Gasteiger partial charge in [-0.15, -0.1) is 11.3 Å². The van der Waals surface area contributed by atoms with Crippen molar-refractivity contribution in [3.63, 3.8) is 0 Å². The number of nitrogens with zero attached hydrogens (tertiary/aromatic N) is 1. The summed E-state index contributed by atoms with van der Waals surface area (Å²) in [6.07, 6.45) is -0.451. The highest BCUT2D eigenvalue weighted by atomic mass is 79.9. The highest BCUT2D eigenvalue weighted by molar-refractivity contribution is 9.11.